The van der Waals surface area contributed by atoms with E-state index in [2.05, 4.69) is 5.32 Å². The van der Waals surface area contributed by atoms with Gasteiger partial charge in [-0.25, -0.2) is 4.39 Å². The van der Waals surface area contributed by atoms with E-state index in [0.717, 1.165) is 13.1 Å². The standard InChI is InChI=1S/C13H16ClFN2O.ClH/c1-8-5-10(11(14)6-12(8)15)13(18)17-4-3-16-7-9(17)2;/h5-6,9,16H,3-4,7H2,1-2H3;1H/t9-;/m1./s1. The Labute approximate surface area is 123 Å². The maximum atomic E-state index is 13.3. The molecule has 0 aromatic heterocycles. The Hall–Kier alpha value is -0.840. The Kier molecular flexibility index (Phi) is 5.59. The summed E-state index contributed by atoms with van der Waals surface area (Å²) >= 11 is 5.96. The number of rotatable bonds is 1. The first-order chi connectivity index (χ1) is 8.50. The fraction of sp³-hybridized carbons (Fsp3) is 0.462. The van der Waals surface area contributed by atoms with Crippen molar-refractivity contribution < 1.29 is 9.18 Å². The molecule has 1 N–H and O–H groups in total. The molecule has 1 aromatic carbocycles. The molecule has 2 rings (SSSR count). The van der Waals surface area contributed by atoms with Crippen LogP contribution < -0.4 is 5.32 Å². The van der Waals surface area contributed by atoms with Gasteiger partial charge in [-0.1, -0.05) is 11.6 Å². The monoisotopic (exact) mass is 306 g/mol. The summed E-state index contributed by atoms with van der Waals surface area (Å²) in [6.45, 7) is 5.79. The van der Waals surface area contributed by atoms with Crippen molar-refractivity contribution in [1.82, 2.24) is 10.2 Å². The van der Waals surface area contributed by atoms with E-state index >= 15 is 0 Å². The van der Waals surface area contributed by atoms with E-state index in [9.17, 15) is 9.18 Å². The maximum absolute atomic E-state index is 13.3. The van der Waals surface area contributed by atoms with Crippen LogP contribution in [0.15, 0.2) is 12.1 Å². The van der Waals surface area contributed by atoms with Crippen LogP contribution in [-0.4, -0.2) is 36.5 Å². The zero-order valence-corrected chi connectivity index (χ0v) is 12.4. The Morgan fingerprint density at radius 1 is 1.53 bits per heavy atom. The Balaban J connectivity index is 0.00000180. The molecule has 19 heavy (non-hydrogen) atoms. The SMILES string of the molecule is Cc1cc(C(=O)N2CCNC[C@H]2C)c(Cl)cc1F.Cl. The molecule has 3 nitrogen and oxygen atoms in total. The molecule has 1 amide bonds. The summed E-state index contributed by atoms with van der Waals surface area (Å²) in [6.07, 6.45) is 0. The number of aryl methyl sites for hydroxylation is 1. The van der Waals surface area contributed by atoms with Crippen LogP contribution >= 0.6 is 24.0 Å². The van der Waals surface area contributed by atoms with E-state index in [4.69, 9.17) is 11.6 Å². The smallest absolute Gasteiger partial charge is 0.255 e. The van der Waals surface area contributed by atoms with Gasteiger partial charge in [0.2, 0.25) is 0 Å². The first kappa shape index (κ1) is 16.2. The fourth-order valence-electron chi connectivity index (χ4n) is 2.12. The third kappa shape index (κ3) is 3.38. The van der Waals surface area contributed by atoms with Crippen LogP contribution in [-0.2, 0) is 0 Å². The Morgan fingerprint density at radius 3 is 2.84 bits per heavy atom. The summed E-state index contributed by atoms with van der Waals surface area (Å²) in [5, 5.41) is 3.39. The number of nitrogens with zero attached hydrogens (tertiary/aromatic N) is 1. The van der Waals surface area contributed by atoms with Crippen molar-refractivity contribution >= 4 is 29.9 Å². The molecule has 6 heteroatoms. The highest BCUT2D eigenvalue weighted by Gasteiger charge is 2.25. The molecular formula is C13H17Cl2FN2O. The van der Waals surface area contributed by atoms with Crippen LogP contribution in [0.2, 0.25) is 5.02 Å². The van der Waals surface area contributed by atoms with Crippen LogP contribution in [0.25, 0.3) is 0 Å². The number of piperazine rings is 1. The molecule has 0 radical (unpaired) electrons. The highest BCUT2D eigenvalue weighted by Crippen LogP contribution is 2.23. The van der Waals surface area contributed by atoms with Gasteiger partial charge in [-0.15, -0.1) is 12.4 Å². The number of halogens is 3. The highest BCUT2D eigenvalue weighted by atomic mass is 35.5. The van der Waals surface area contributed by atoms with Crippen molar-refractivity contribution in [2.75, 3.05) is 19.6 Å². The van der Waals surface area contributed by atoms with Gasteiger partial charge in [-0.2, -0.15) is 0 Å². The number of amides is 1. The average molecular weight is 307 g/mol. The first-order valence-corrected chi connectivity index (χ1v) is 6.36. The van der Waals surface area contributed by atoms with Crippen LogP contribution in [0.3, 0.4) is 0 Å². The lowest BCUT2D eigenvalue weighted by atomic mass is 10.1. The van der Waals surface area contributed by atoms with Gasteiger partial charge < -0.3 is 10.2 Å². The van der Waals surface area contributed by atoms with Gasteiger partial charge in [0, 0.05) is 25.7 Å². The van der Waals surface area contributed by atoms with Crippen molar-refractivity contribution in [3.8, 4) is 0 Å². The van der Waals surface area contributed by atoms with E-state index in [1.54, 1.807) is 11.8 Å². The topological polar surface area (TPSA) is 32.3 Å². The van der Waals surface area contributed by atoms with E-state index in [1.807, 2.05) is 6.92 Å². The lowest BCUT2D eigenvalue weighted by Crippen LogP contribution is -2.52. The molecule has 0 aliphatic carbocycles. The lowest BCUT2D eigenvalue weighted by molar-refractivity contribution is 0.0656. The number of benzene rings is 1. The molecule has 0 saturated carbocycles. The van der Waals surface area contributed by atoms with Gasteiger partial charge in [0.05, 0.1) is 10.6 Å². The molecule has 1 fully saturated rings. The van der Waals surface area contributed by atoms with Crippen molar-refractivity contribution in [1.29, 1.82) is 0 Å². The van der Waals surface area contributed by atoms with Crippen LogP contribution in [0.5, 0.6) is 0 Å². The molecule has 0 unspecified atom stereocenters. The lowest BCUT2D eigenvalue weighted by Gasteiger charge is -2.34. The summed E-state index contributed by atoms with van der Waals surface area (Å²) in [5.41, 5.74) is 0.815. The Bertz CT molecular complexity index is 482. The quantitative estimate of drug-likeness (QED) is 0.865. The summed E-state index contributed by atoms with van der Waals surface area (Å²) in [4.78, 5) is 14.2. The van der Waals surface area contributed by atoms with E-state index < -0.39 is 0 Å². The largest absolute Gasteiger partial charge is 0.333 e. The summed E-state index contributed by atoms with van der Waals surface area (Å²) in [6, 6.07) is 2.85. The third-order valence-corrected chi connectivity index (χ3v) is 3.55. The molecule has 1 atom stereocenters. The molecule has 106 valence electrons. The van der Waals surface area contributed by atoms with Crippen molar-refractivity contribution in [3.05, 3.63) is 34.1 Å². The van der Waals surface area contributed by atoms with E-state index in [1.165, 1.54) is 12.1 Å². The average Bonchev–Trinajstić information content (AvgIpc) is 2.33. The van der Waals surface area contributed by atoms with Crippen LogP contribution in [0.4, 0.5) is 4.39 Å². The summed E-state index contributed by atoms with van der Waals surface area (Å²) in [7, 11) is 0. The highest BCUT2D eigenvalue weighted by molar-refractivity contribution is 6.33. The minimum Gasteiger partial charge on any atom is -0.333 e. The van der Waals surface area contributed by atoms with Gasteiger partial charge >= 0.3 is 0 Å². The molecule has 1 saturated heterocycles. The predicted molar refractivity (Wildman–Crippen MR) is 76.8 cm³/mol. The van der Waals surface area contributed by atoms with Gasteiger partial charge in [0.1, 0.15) is 5.82 Å². The Morgan fingerprint density at radius 2 is 2.21 bits per heavy atom. The van der Waals surface area contributed by atoms with Crippen LogP contribution in [0.1, 0.15) is 22.8 Å². The zero-order chi connectivity index (χ0) is 13.3. The molecule has 0 bridgehead atoms. The number of nitrogens with one attached hydrogen (secondary N) is 1. The molecule has 1 aliphatic heterocycles. The third-order valence-electron chi connectivity index (χ3n) is 3.24. The molecule has 1 heterocycles. The first-order valence-electron chi connectivity index (χ1n) is 5.98. The van der Waals surface area contributed by atoms with Crippen molar-refractivity contribution in [2.45, 2.75) is 19.9 Å². The van der Waals surface area contributed by atoms with E-state index in [0.29, 0.717) is 17.7 Å². The second kappa shape index (κ2) is 6.55. The van der Waals surface area contributed by atoms with Crippen molar-refractivity contribution in [3.63, 3.8) is 0 Å². The predicted octanol–water partition coefficient (Wildman–Crippen LogP) is 2.64. The normalized spacial score (nSPS) is 18.9. The minimum atomic E-state index is -0.384. The molecule has 1 aliphatic rings. The number of hydrogen-bond donors (Lipinski definition) is 1. The van der Waals surface area contributed by atoms with Gasteiger partial charge in [0.25, 0.3) is 5.91 Å². The number of carbonyl (C=O) groups is 1. The van der Waals surface area contributed by atoms with Gasteiger partial charge in [-0.3, -0.25) is 4.79 Å². The molecular weight excluding hydrogens is 290 g/mol. The van der Waals surface area contributed by atoms with Gasteiger partial charge in [-0.05, 0) is 31.5 Å². The van der Waals surface area contributed by atoms with E-state index in [-0.39, 0.29) is 35.2 Å². The zero-order valence-electron chi connectivity index (χ0n) is 10.9. The number of carbonyl (C=O) groups excluding carboxylic acids is 1. The van der Waals surface area contributed by atoms with Crippen LogP contribution in [0, 0.1) is 12.7 Å². The minimum absolute atomic E-state index is 0. The van der Waals surface area contributed by atoms with Gasteiger partial charge in [0.15, 0.2) is 0 Å². The molecule has 1 aromatic rings. The summed E-state index contributed by atoms with van der Waals surface area (Å²) < 4.78 is 13.3. The maximum Gasteiger partial charge on any atom is 0.255 e. The number of hydrogen-bond acceptors (Lipinski definition) is 2. The fourth-order valence-corrected chi connectivity index (χ4v) is 2.35. The second-order valence-corrected chi connectivity index (χ2v) is 5.04. The second-order valence-electron chi connectivity index (χ2n) is 4.63. The van der Waals surface area contributed by atoms with Crippen molar-refractivity contribution in [2.24, 2.45) is 0 Å². The molecule has 0 spiro atoms. The summed E-state index contributed by atoms with van der Waals surface area (Å²) in [5.74, 6) is -0.512.